The second kappa shape index (κ2) is 5.03. The molecule has 1 aliphatic heterocycles. The monoisotopic (exact) mass is 216 g/mol. The van der Waals surface area contributed by atoms with Gasteiger partial charge in [-0.2, -0.15) is 11.8 Å². The molecule has 1 unspecified atom stereocenters. The van der Waals surface area contributed by atoms with Gasteiger partial charge in [0.2, 0.25) is 5.91 Å². The summed E-state index contributed by atoms with van der Waals surface area (Å²) < 4.78 is 0. The van der Waals surface area contributed by atoms with Gasteiger partial charge in [0.15, 0.2) is 0 Å². The smallest absolute Gasteiger partial charge is 0.233 e. The third-order valence-corrected chi connectivity index (χ3v) is 3.97. The first-order valence-electron chi connectivity index (χ1n) is 5.08. The molecule has 0 saturated carbocycles. The maximum Gasteiger partial charge on any atom is 0.233 e. The van der Waals surface area contributed by atoms with E-state index in [1.807, 2.05) is 11.8 Å². The highest BCUT2D eigenvalue weighted by atomic mass is 32.2. The van der Waals surface area contributed by atoms with Crippen molar-refractivity contribution in [2.45, 2.75) is 26.3 Å². The Morgan fingerprint density at radius 1 is 1.57 bits per heavy atom. The van der Waals surface area contributed by atoms with Crippen LogP contribution in [0.2, 0.25) is 0 Å². The van der Waals surface area contributed by atoms with E-state index in [1.54, 1.807) is 7.05 Å². The molecule has 4 heteroatoms. The highest BCUT2D eigenvalue weighted by Gasteiger charge is 2.32. The highest BCUT2D eigenvalue weighted by Crippen LogP contribution is 2.33. The van der Waals surface area contributed by atoms with E-state index < -0.39 is 0 Å². The van der Waals surface area contributed by atoms with Gasteiger partial charge in [0.1, 0.15) is 0 Å². The number of carbonyl (C=O) groups is 1. The molecule has 1 heterocycles. The topological polar surface area (TPSA) is 41.1 Å². The van der Waals surface area contributed by atoms with Gasteiger partial charge in [-0.3, -0.25) is 4.79 Å². The lowest BCUT2D eigenvalue weighted by atomic mass is 9.82. The molecule has 0 aromatic heterocycles. The molecule has 2 N–H and O–H groups in total. The fraction of sp³-hybridized carbons (Fsp3) is 0.900. The Kier molecular flexibility index (Phi) is 4.26. The zero-order valence-electron chi connectivity index (χ0n) is 9.22. The summed E-state index contributed by atoms with van der Waals surface area (Å²) in [5.74, 6) is 2.42. The lowest BCUT2D eigenvalue weighted by molar-refractivity contribution is -0.120. The Labute approximate surface area is 90.4 Å². The molecule has 82 valence electrons. The quantitative estimate of drug-likeness (QED) is 0.735. The Morgan fingerprint density at radius 3 is 2.86 bits per heavy atom. The number of amides is 1. The highest BCUT2D eigenvalue weighted by molar-refractivity contribution is 7.99. The minimum Gasteiger partial charge on any atom is -0.358 e. The number of likely N-dealkylation sites (N-methyl/N-ethyl adjacent to an activating group) is 1. The lowest BCUT2D eigenvalue weighted by Gasteiger charge is -2.38. The van der Waals surface area contributed by atoms with E-state index in [0.717, 1.165) is 5.75 Å². The van der Waals surface area contributed by atoms with Crippen molar-refractivity contribution in [1.29, 1.82) is 0 Å². The van der Waals surface area contributed by atoms with Crippen LogP contribution in [0.3, 0.4) is 0 Å². The van der Waals surface area contributed by atoms with Gasteiger partial charge in [-0.05, 0) is 17.6 Å². The molecule has 0 bridgehead atoms. The van der Waals surface area contributed by atoms with Crippen molar-refractivity contribution in [3.8, 4) is 0 Å². The van der Waals surface area contributed by atoms with Crippen LogP contribution in [0.25, 0.3) is 0 Å². The van der Waals surface area contributed by atoms with Crippen LogP contribution >= 0.6 is 11.8 Å². The second-order valence-corrected chi connectivity index (χ2v) is 5.57. The summed E-state index contributed by atoms with van der Waals surface area (Å²) in [7, 11) is 1.67. The van der Waals surface area contributed by atoms with Crippen molar-refractivity contribution in [3.63, 3.8) is 0 Å². The molecule has 0 aliphatic carbocycles. The van der Waals surface area contributed by atoms with E-state index in [4.69, 9.17) is 0 Å². The van der Waals surface area contributed by atoms with E-state index >= 15 is 0 Å². The number of nitrogens with one attached hydrogen (secondary N) is 2. The van der Waals surface area contributed by atoms with E-state index in [9.17, 15) is 4.79 Å². The normalized spacial score (nSPS) is 25.8. The lowest BCUT2D eigenvalue weighted by Crippen LogP contribution is -2.49. The number of rotatable bonds is 3. The van der Waals surface area contributed by atoms with Gasteiger partial charge in [0.25, 0.3) is 0 Å². The molecule has 14 heavy (non-hydrogen) atoms. The molecule has 1 aliphatic rings. The Morgan fingerprint density at radius 2 is 2.29 bits per heavy atom. The Balaban J connectivity index is 2.38. The molecule has 0 spiro atoms. The zero-order chi connectivity index (χ0) is 10.6. The van der Waals surface area contributed by atoms with E-state index in [0.29, 0.717) is 18.0 Å². The largest absolute Gasteiger partial charge is 0.358 e. The molecule has 3 nitrogen and oxygen atoms in total. The molecule has 1 atom stereocenters. The molecular formula is C10H20N2OS. The van der Waals surface area contributed by atoms with E-state index in [-0.39, 0.29) is 5.91 Å². The number of hydrogen-bond donors (Lipinski definition) is 2. The summed E-state index contributed by atoms with van der Waals surface area (Å²) in [6.45, 7) is 4.98. The minimum absolute atomic E-state index is 0.0661. The molecule has 1 rings (SSSR count). The molecular weight excluding hydrogens is 196 g/mol. The maximum absolute atomic E-state index is 11.1. The number of thioether (sulfide) groups is 1. The summed E-state index contributed by atoms with van der Waals surface area (Å²) in [6, 6.07) is 0.457. The minimum atomic E-state index is 0.0661. The predicted octanol–water partition coefficient (Wildman–Crippen LogP) is 0.854. The van der Waals surface area contributed by atoms with Gasteiger partial charge in [-0.25, -0.2) is 0 Å². The molecule has 0 aromatic rings. The SMILES string of the molecule is CNC(=O)CNC1CSCCC1(C)C. The third-order valence-electron chi connectivity index (χ3n) is 2.91. The zero-order valence-corrected chi connectivity index (χ0v) is 10.0. The standard InChI is InChI=1S/C10H20N2OS/c1-10(2)4-5-14-7-8(10)12-6-9(13)11-3/h8,12H,4-7H2,1-3H3,(H,11,13). The fourth-order valence-corrected chi connectivity index (χ4v) is 3.22. The van der Waals surface area contributed by atoms with Gasteiger partial charge in [-0.1, -0.05) is 13.8 Å². The Hall–Kier alpha value is -0.220. The van der Waals surface area contributed by atoms with Crippen molar-refractivity contribution >= 4 is 17.7 Å². The predicted molar refractivity (Wildman–Crippen MR) is 61.6 cm³/mol. The fourth-order valence-electron chi connectivity index (χ4n) is 1.58. The van der Waals surface area contributed by atoms with E-state index in [1.165, 1.54) is 12.2 Å². The molecule has 0 aromatic carbocycles. The van der Waals surface area contributed by atoms with Crippen molar-refractivity contribution in [2.24, 2.45) is 5.41 Å². The summed E-state index contributed by atoms with van der Waals surface area (Å²) in [5, 5.41) is 5.95. The van der Waals surface area contributed by atoms with Crippen molar-refractivity contribution in [1.82, 2.24) is 10.6 Å². The van der Waals surface area contributed by atoms with Crippen LogP contribution in [-0.2, 0) is 4.79 Å². The van der Waals surface area contributed by atoms with Crippen LogP contribution < -0.4 is 10.6 Å². The van der Waals surface area contributed by atoms with Crippen molar-refractivity contribution in [3.05, 3.63) is 0 Å². The number of hydrogen-bond acceptors (Lipinski definition) is 3. The second-order valence-electron chi connectivity index (χ2n) is 4.42. The van der Waals surface area contributed by atoms with Gasteiger partial charge in [0.05, 0.1) is 6.54 Å². The van der Waals surface area contributed by atoms with Crippen LogP contribution in [0.4, 0.5) is 0 Å². The van der Waals surface area contributed by atoms with Crippen LogP contribution in [0.1, 0.15) is 20.3 Å². The molecule has 1 amide bonds. The average molecular weight is 216 g/mol. The summed E-state index contributed by atoms with van der Waals surface area (Å²) in [5.41, 5.74) is 0.319. The first-order valence-corrected chi connectivity index (χ1v) is 6.23. The van der Waals surface area contributed by atoms with Crippen LogP contribution in [0.5, 0.6) is 0 Å². The molecule has 1 saturated heterocycles. The number of carbonyl (C=O) groups excluding carboxylic acids is 1. The van der Waals surface area contributed by atoms with Crippen LogP contribution in [0.15, 0.2) is 0 Å². The first-order chi connectivity index (χ1) is 6.56. The van der Waals surface area contributed by atoms with Gasteiger partial charge < -0.3 is 10.6 Å². The Bertz CT molecular complexity index is 206. The van der Waals surface area contributed by atoms with E-state index in [2.05, 4.69) is 24.5 Å². The molecule has 0 radical (unpaired) electrons. The maximum atomic E-state index is 11.1. The van der Waals surface area contributed by atoms with Crippen molar-refractivity contribution < 1.29 is 4.79 Å². The van der Waals surface area contributed by atoms with Crippen LogP contribution in [0, 0.1) is 5.41 Å². The van der Waals surface area contributed by atoms with Gasteiger partial charge in [0, 0.05) is 18.8 Å². The molecule has 1 fully saturated rings. The summed E-state index contributed by atoms with van der Waals surface area (Å²) >= 11 is 1.97. The summed E-state index contributed by atoms with van der Waals surface area (Å²) in [4.78, 5) is 11.1. The van der Waals surface area contributed by atoms with Crippen LogP contribution in [-0.4, -0.2) is 37.0 Å². The average Bonchev–Trinajstić information content (AvgIpc) is 2.15. The third kappa shape index (κ3) is 3.17. The van der Waals surface area contributed by atoms with Crippen molar-refractivity contribution in [2.75, 3.05) is 25.1 Å². The summed E-state index contributed by atoms with van der Waals surface area (Å²) in [6.07, 6.45) is 1.23. The van der Waals surface area contributed by atoms with Gasteiger partial charge in [-0.15, -0.1) is 0 Å². The van der Waals surface area contributed by atoms with Gasteiger partial charge >= 0.3 is 0 Å². The first kappa shape index (κ1) is 11.9.